The Morgan fingerprint density at radius 2 is 2.12 bits per heavy atom. The zero-order valence-corrected chi connectivity index (χ0v) is 11.4. The third kappa shape index (κ3) is 3.87. The minimum atomic E-state index is 0.779. The van der Waals surface area contributed by atoms with Gasteiger partial charge in [-0.25, -0.2) is 0 Å². The van der Waals surface area contributed by atoms with E-state index in [2.05, 4.69) is 26.1 Å². The molecule has 2 rings (SSSR count). The number of halogens is 1. The molecular weight excluding hydrogens is 282 g/mol. The van der Waals surface area contributed by atoms with Crippen molar-refractivity contribution in [2.75, 3.05) is 50.4 Å². The lowest BCUT2D eigenvalue weighted by molar-refractivity contribution is 0.0398. The van der Waals surface area contributed by atoms with Crippen LogP contribution in [0.5, 0.6) is 0 Å². The average Bonchev–Trinajstić information content (AvgIpc) is 2.33. The summed E-state index contributed by atoms with van der Waals surface area (Å²) in [5, 5.41) is 3.36. The van der Waals surface area contributed by atoms with Gasteiger partial charge in [-0.1, -0.05) is 15.9 Å². The Balaban J connectivity index is 1.77. The van der Waals surface area contributed by atoms with E-state index in [4.69, 9.17) is 10.5 Å². The molecule has 0 unspecified atom stereocenters. The predicted molar refractivity (Wildman–Crippen MR) is 74.3 cm³/mol. The first-order chi connectivity index (χ1) is 8.25. The molecule has 0 saturated carbocycles. The Morgan fingerprint density at radius 3 is 2.82 bits per heavy atom. The number of nitrogens with two attached hydrogens (primary N) is 1. The van der Waals surface area contributed by atoms with Crippen LogP contribution in [0.15, 0.2) is 22.7 Å². The van der Waals surface area contributed by atoms with Crippen molar-refractivity contribution in [1.29, 1.82) is 0 Å². The molecule has 1 aliphatic rings. The van der Waals surface area contributed by atoms with Crippen molar-refractivity contribution in [2.24, 2.45) is 0 Å². The summed E-state index contributed by atoms with van der Waals surface area (Å²) in [6.45, 7) is 5.68. The Kier molecular flexibility index (Phi) is 4.65. The lowest BCUT2D eigenvalue weighted by Gasteiger charge is -2.26. The highest BCUT2D eigenvalue weighted by Crippen LogP contribution is 2.22. The van der Waals surface area contributed by atoms with Gasteiger partial charge in [0.2, 0.25) is 0 Å². The van der Waals surface area contributed by atoms with E-state index in [0.29, 0.717) is 0 Å². The van der Waals surface area contributed by atoms with E-state index in [1.54, 1.807) is 0 Å². The highest BCUT2D eigenvalue weighted by molar-refractivity contribution is 9.10. The van der Waals surface area contributed by atoms with E-state index in [1.165, 1.54) is 0 Å². The second-order valence-electron chi connectivity index (χ2n) is 4.11. The van der Waals surface area contributed by atoms with Gasteiger partial charge in [0.15, 0.2) is 0 Å². The molecule has 0 amide bonds. The summed E-state index contributed by atoms with van der Waals surface area (Å²) in [6.07, 6.45) is 0. The van der Waals surface area contributed by atoms with Gasteiger partial charge in [0.1, 0.15) is 0 Å². The molecule has 0 aliphatic carbocycles. The lowest BCUT2D eigenvalue weighted by Crippen LogP contribution is -2.39. The zero-order valence-electron chi connectivity index (χ0n) is 9.79. The number of hydrogen-bond donors (Lipinski definition) is 2. The van der Waals surface area contributed by atoms with E-state index < -0.39 is 0 Å². The second-order valence-corrected chi connectivity index (χ2v) is 5.03. The van der Waals surface area contributed by atoms with Crippen molar-refractivity contribution in [2.45, 2.75) is 0 Å². The summed E-state index contributed by atoms with van der Waals surface area (Å²) in [6, 6.07) is 5.91. The number of ether oxygens (including phenoxy) is 1. The number of hydrogen-bond acceptors (Lipinski definition) is 4. The maximum Gasteiger partial charge on any atom is 0.0594 e. The summed E-state index contributed by atoms with van der Waals surface area (Å²) in [5.74, 6) is 0. The number of nitrogens with zero attached hydrogens (tertiary/aromatic N) is 1. The smallest absolute Gasteiger partial charge is 0.0594 e. The fraction of sp³-hybridized carbons (Fsp3) is 0.500. The van der Waals surface area contributed by atoms with Crippen LogP contribution in [0.4, 0.5) is 11.4 Å². The average molecular weight is 300 g/mol. The van der Waals surface area contributed by atoms with Crippen LogP contribution in [0.3, 0.4) is 0 Å². The molecule has 1 saturated heterocycles. The second kappa shape index (κ2) is 6.23. The zero-order chi connectivity index (χ0) is 12.1. The number of morpholine rings is 1. The molecule has 5 heteroatoms. The minimum absolute atomic E-state index is 0.779. The largest absolute Gasteiger partial charge is 0.397 e. The van der Waals surface area contributed by atoms with Gasteiger partial charge in [-0.3, -0.25) is 4.90 Å². The molecule has 1 aromatic rings. The SMILES string of the molecule is Nc1cc(Br)ccc1NCCN1CCOCC1. The first-order valence-electron chi connectivity index (χ1n) is 5.85. The van der Waals surface area contributed by atoms with Gasteiger partial charge in [-0.2, -0.15) is 0 Å². The van der Waals surface area contributed by atoms with Crippen LogP contribution in [0, 0.1) is 0 Å². The van der Waals surface area contributed by atoms with E-state index in [-0.39, 0.29) is 0 Å². The van der Waals surface area contributed by atoms with E-state index in [9.17, 15) is 0 Å². The lowest BCUT2D eigenvalue weighted by atomic mass is 10.2. The molecular formula is C12H18BrN3O. The summed E-state index contributed by atoms with van der Waals surface area (Å²) >= 11 is 3.40. The van der Waals surface area contributed by atoms with Crippen LogP contribution < -0.4 is 11.1 Å². The van der Waals surface area contributed by atoms with Crippen molar-refractivity contribution >= 4 is 27.3 Å². The summed E-state index contributed by atoms with van der Waals surface area (Å²) in [4.78, 5) is 2.39. The maximum absolute atomic E-state index is 5.91. The molecule has 1 heterocycles. The molecule has 0 bridgehead atoms. The van der Waals surface area contributed by atoms with Crippen LogP contribution in [-0.2, 0) is 4.74 Å². The third-order valence-electron chi connectivity index (χ3n) is 2.86. The quantitative estimate of drug-likeness (QED) is 0.832. The fourth-order valence-electron chi connectivity index (χ4n) is 1.87. The number of anilines is 2. The van der Waals surface area contributed by atoms with Crippen LogP contribution in [-0.4, -0.2) is 44.3 Å². The van der Waals surface area contributed by atoms with E-state index >= 15 is 0 Å². The Bertz CT molecular complexity index is 367. The minimum Gasteiger partial charge on any atom is -0.397 e. The van der Waals surface area contributed by atoms with Crippen molar-refractivity contribution in [3.05, 3.63) is 22.7 Å². The normalized spacial score (nSPS) is 17.0. The number of benzene rings is 1. The van der Waals surface area contributed by atoms with Crippen molar-refractivity contribution in [3.63, 3.8) is 0 Å². The van der Waals surface area contributed by atoms with Gasteiger partial charge < -0.3 is 15.8 Å². The third-order valence-corrected chi connectivity index (χ3v) is 3.35. The molecule has 0 radical (unpaired) electrons. The highest BCUT2D eigenvalue weighted by atomic mass is 79.9. The molecule has 1 aliphatic heterocycles. The predicted octanol–water partition coefficient (Wildman–Crippen LogP) is 1.78. The van der Waals surface area contributed by atoms with E-state index in [0.717, 1.165) is 55.2 Å². The first kappa shape index (κ1) is 12.7. The first-order valence-corrected chi connectivity index (χ1v) is 6.64. The molecule has 17 heavy (non-hydrogen) atoms. The summed E-state index contributed by atoms with van der Waals surface area (Å²) in [7, 11) is 0. The van der Waals surface area contributed by atoms with Gasteiger partial charge in [0, 0.05) is 30.7 Å². The Morgan fingerprint density at radius 1 is 1.35 bits per heavy atom. The van der Waals surface area contributed by atoms with Crippen molar-refractivity contribution in [1.82, 2.24) is 4.90 Å². The summed E-state index contributed by atoms with van der Waals surface area (Å²) < 4.78 is 6.32. The molecule has 0 spiro atoms. The Hall–Kier alpha value is -0.780. The van der Waals surface area contributed by atoms with Gasteiger partial charge in [-0.05, 0) is 18.2 Å². The maximum atomic E-state index is 5.91. The molecule has 3 N–H and O–H groups in total. The van der Waals surface area contributed by atoms with Gasteiger partial charge in [-0.15, -0.1) is 0 Å². The highest BCUT2D eigenvalue weighted by Gasteiger charge is 2.09. The summed E-state index contributed by atoms with van der Waals surface area (Å²) in [5.41, 5.74) is 7.69. The number of rotatable bonds is 4. The topological polar surface area (TPSA) is 50.5 Å². The Labute approximate surface area is 110 Å². The van der Waals surface area contributed by atoms with Crippen LogP contribution in [0.1, 0.15) is 0 Å². The molecule has 0 atom stereocenters. The number of nitrogen functional groups attached to an aromatic ring is 1. The van der Waals surface area contributed by atoms with Crippen molar-refractivity contribution in [3.8, 4) is 0 Å². The van der Waals surface area contributed by atoms with E-state index in [1.807, 2.05) is 18.2 Å². The molecule has 1 aromatic carbocycles. The van der Waals surface area contributed by atoms with Gasteiger partial charge >= 0.3 is 0 Å². The van der Waals surface area contributed by atoms with Crippen LogP contribution in [0.2, 0.25) is 0 Å². The monoisotopic (exact) mass is 299 g/mol. The molecule has 94 valence electrons. The van der Waals surface area contributed by atoms with Gasteiger partial charge in [0.05, 0.1) is 24.6 Å². The van der Waals surface area contributed by atoms with Gasteiger partial charge in [0.25, 0.3) is 0 Å². The van der Waals surface area contributed by atoms with Crippen LogP contribution >= 0.6 is 15.9 Å². The number of nitrogens with one attached hydrogen (secondary N) is 1. The standard InChI is InChI=1S/C12H18BrN3O/c13-10-1-2-12(11(14)9-10)15-3-4-16-5-7-17-8-6-16/h1-2,9,15H,3-8,14H2. The molecule has 4 nitrogen and oxygen atoms in total. The van der Waals surface area contributed by atoms with Crippen LogP contribution in [0.25, 0.3) is 0 Å². The fourth-order valence-corrected chi connectivity index (χ4v) is 2.25. The molecule has 0 aromatic heterocycles. The van der Waals surface area contributed by atoms with Crippen molar-refractivity contribution < 1.29 is 4.74 Å². The molecule has 1 fully saturated rings.